The van der Waals surface area contributed by atoms with Gasteiger partial charge in [-0.05, 0) is 64.1 Å². The SMILES string of the molecule is CCn1cncc1Cn1c(/C=C(\C)C(=O)O)cnc1CN1CCC(c2cccc(OCc3ccc(Cl)cn3)n2)CC1. The van der Waals surface area contributed by atoms with Crippen molar-refractivity contribution in [3.05, 3.63) is 94.4 Å². The van der Waals surface area contributed by atoms with Gasteiger partial charge in [-0.25, -0.2) is 19.7 Å². The minimum absolute atomic E-state index is 0.269. The van der Waals surface area contributed by atoms with Crippen LogP contribution in [0, 0.1) is 0 Å². The topological polar surface area (TPSA) is 111 Å². The van der Waals surface area contributed by atoms with Gasteiger partial charge in [0.05, 0.1) is 47.7 Å². The molecule has 0 spiro atoms. The number of piperidine rings is 1. The Morgan fingerprint density at radius 3 is 2.68 bits per heavy atom. The van der Waals surface area contributed by atoms with Crippen molar-refractivity contribution >= 4 is 23.6 Å². The number of likely N-dealkylation sites (tertiary alicyclic amines) is 1. The molecule has 214 valence electrons. The second-order valence-corrected chi connectivity index (χ2v) is 10.6. The highest BCUT2D eigenvalue weighted by Gasteiger charge is 2.24. The van der Waals surface area contributed by atoms with Crippen LogP contribution in [-0.4, -0.2) is 58.1 Å². The summed E-state index contributed by atoms with van der Waals surface area (Å²) in [4.78, 5) is 32.0. The Bertz CT molecular complexity index is 1500. The van der Waals surface area contributed by atoms with Crippen LogP contribution < -0.4 is 4.74 Å². The van der Waals surface area contributed by atoms with Crippen LogP contribution in [-0.2, 0) is 31.0 Å². The van der Waals surface area contributed by atoms with Gasteiger partial charge in [0.1, 0.15) is 12.4 Å². The van der Waals surface area contributed by atoms with E-state index >= 15 is 0 Å². The number of rotatable bonds is 11. The molecule has 1 aliphatic rings. The quantitative estimate of drug-likeness (QED) is 0.248. The summed E-state index contributed by atoms with van der Waals surface area (Å²) in [5.41, 5.74) is 3.92. The van der Waals surface area contributed by atoms with Crippen LogP contribution in [0.1, 0.15) is 61.2 Å². The highest BCUT2D eigenvalue weighted by molar-refractivity contribution is 6.30. The molecule has 5 heterocycles. The average Bonchev–Trinajstić information content (AvgIpc) is 3.60. The number of aromatic nitrogens is 6. The van der Waals surface area contributed by atoms with Crippen molar-refractivity contribution in [3.8, 4) is 5.88 Å². The molecule has 0 aromatic carbocycles. The molecule has 0 saturated carbocycles. The number of hydrogen-bond acceptors (Lipinski definition) is 7. The van der Waals surface area contributed by atoms with E-state index in [4.69, 9.17) is 26.3 Å². The maximum Gasteiger partial charge on any atom is 0.331 e. The van der Waals surface area contributed by atoms with Gasteiger partial charge < -0.3 is 19.0 Å². The molecule has 5 rings (SSSR count). The first-order valence-corrected chi connectivity index (χ1v) is 14.1. The van der Waals surface area contributed by atoms with E-state index in [1.54, 1.807) is 31.5 Å². The van der Waals surface area contributed by atoms with Crippen LogP contribution in [0.15, 0.2) is 60.8 Å². The first-order chi connectivity index (χ1) is 19.9. The van der Waals surface area contributed by atoms with E-state index in [1.165, 1.54) is 0 Å². The van der Waals surface area contributed by atoms with Gasteiger partial charge in [-0.15, -0.1) is 0 Å². The molecule has 0 aliphatic carbocycles. The first-order valence-electron chi connectivity index (χ1n) is 13.8. The predicted molar refractivity (Wildman–Crippen MR) is 156 cm³/mol. The third-order valence-electron chi connectivity index (χ3n) is 7.40. The summed E-state index contributed by atoms with van der Waals surface area (Å²) in [7, 11) is 0. The van der Waals surface area contributed by atoms with E-state index in [0.717, 1.165) is 61.1 Å². The van der Waals surface area contributed by atoms with E-state index < -0.39 is 5.97 Å². The van der Waals surface area contributed by atoms with Gasteiger partial charge in [-0.2, -0.15) is 0 Å². The zero-order valence-corrected chi connectivity index (χ0v) is 24.0. The molecule has 1 fully saturated rings. The number of halogens is 1. The molecule has 11 heteroatoms. The van der Waals surface area contributed by atoms with Crippen LogP contribution in [0.5, 0.6) is 5.88 Å². The minimum Gasteiger partial charge on any atom is -0.478 e. The third-order valence-corrected chi connectivity index (χ3v) is 7.63. The molecule has 10 nitrogen and oxygen atoms in total. The molecule has 1 N–H and O–H groups in total. The maximum absolute atomic E-state index is 11.5. The molecule has 1 aliphatic heterocycles. The normalized spacial score (nSPS) is 14.9. The van der Waals surface area contributed by atoms with Crippen molar-refractivity contribution in [2.45, 2.75) is 58.8 Å². The van der Waals surface area contributed by atoms with Gasteiger partial charge in [0.2, 0.25) is 5.88 Å². The molecule has 0 amide bonds. The Hall–Kier alpha value is -4.02. The lowest BCUT2D eigenvalue weighted by Gasteiger charge is -2.31. The van der Waals surface area contributed by atoms with Gasteiger partial charge in [0, 0.05) is 42.2 Å². The number of imidazole rings is 2. The third kappa shape index (κ3) is 7.20. The number of ether oxygens (including phenoxy) is 1. The highest BCUT2D eigenvalue weighted by atomic mass is 35.5. The summed E-state index contributed by atoms with van der Waals surface area (Å²) in [5, 5.41) is 10.0. The standard InChI is InChI=1S/C30H34ClN7O3/c1-3-37-20-32-15-26(37)17-38-25(13-21(2)30(39)40)16-34-28(38)18-36-11-9-22(10-12-36)27-5-4-6-29(35-27)41-19-24-8-7-23(31)14-33-24/h4-8,13-16,20,22H,3,9-12,17-19H2,1-2H3,(H,39,40)/b21-13+. The zero-order valence-electron chi connectivity index (χ0n) is 23.3. The molecule has 0 bridgehead atoms. The largest absolute Gasteiger partial charge is 0.478 e. The molecule has 4 aromatic heterocycles. The van der Waals surface area contributed by atoms with E-state index in [1.807, 2.05) is 30.7 Å². The van der Waals surface area contributed by atoms with Crippen molar-refractivity contribution in [3.63, 3.8) is 0 Å². The molecule has 41 heavy (non-hydrogen) atoms. The van der Waals surface area contributed by atoms with Gasteiger partial charge in [0.25, 0.3) is 0 Å². The number of aliphatic carboxylic acids is 1. The molecular weight excluding hydrogens is 542 g/mol. The smallest absolute Gasteiger partial charge is 0.331 e. The maximum atomic E-state index is 11.5. The molecule has 0 radical (unpaired) electrons. The number of carboxylic acid groups (broad SMARTS) is 1. The lowest BCUT2D eigenvalue weighted by molar-refractivity contribution is -0.132. The van der Waals surface area contributed by atoms with Crippen LogP contribution in [0.25, 0.3) is 6.08 Å². The fourth-order valence-corrected chi connectivity index (χ4v) is 5.14. The van der Waals surface area contributed by atoms with Crippen LogP contribution in [0.4, 0.5) is 0 Å². The number of carboxylic acids is 1. The van der Waals surface area contributed by atoms with Gasteiger partial charge >= 0.3 is 5.97 Å². The van der Waals surface area contributed by atoms with E-state index in [2.05, 4.69) is 37.0 Å². The minimum atomic E-state index is -0.940. The summed E-state index contributed by atoms with van der Waals surface area (Å²) >= 11 is 5.92. The van der Waals surface area contributed by atoms with E-state index in [0.29, 0.717) is 36.5 Å². The fraction of sp³-hybridized carbons (Fsp3) is 0.367. The lowest BCUT2D eigenvalue weighted by Crippen LogP contribution is -2.33. The molecule has 4 aromatic rings. The number of nitrogens with zero attached hydrogens (tertiary/aromatic N) is 7. The van der Waals surface area contributed by atoms with Crippen molar-refractivity contribution in [2.24, 2.45) is 0 Å². The average molecular weight is 576 g/mol. The molecule has 1 saturated heterocycles. The van der Waals surface area contributed by atoms with Crippen molar-refractivity contribution in [2.75, 3.05) is 13.1 Å². The fourth-order valence-electron chi connectivity index (χ4n) is 5.03. The molecular formula is C30H34ClN7O3. The van der Waals surface area contributed by atoms with Crippen molar-refractivity contribution in [1.29, 1.82) is 0 Å². The van der Waals surface area contributed by atoms with Crippen LogP contribution >= 0.6 is 11.6 Å². The van der Waals surface area contributed by atoms with Crippen molar-refractivity contribution in [1.82, 2.24) is 34.0 Å². The summed E-state index contributed by atoms with van der Waals surface area (Å²) in [5.74, 6) is 0.900. The molecule has 0 unspecified atom stereocenters. The van der Waals surface area contributed by atoms with Gasteiger partial charge in [-0.1, -0.05) is 17.7 Å². The van der Waals surface area contributed by atoms with Gasteiger partial charge in [0.15, 0.2) is 0 Å². The Labute approximate surface area is 244 Å². The summed E-state index contributed by atoms with van der Waals surface area (Å²) in [6.07, 6.45) is 10.7. The monoisotopic (exact) mass is 575 g/mol. The summed E-state index contributed by atoms with van der Waals surface area (Å²) in [6.45, 7) is 7.89. The number of pyridine rings is 2. The Kier molecular flexibility index (Phi) is 9.11. The highest BCUT2D eigenvalue weighted by Crippen LogP contribution is 2.29. The number of aryl methyl sites for hydroxylation is 1. The first kappa shape index (κ1) is 28.5. The van der Waals surface area contributed by atoms with E-state index in [-0.39, 0.29) is 5.57 Å². The number of hydrogen-bond donors (Lipinski definition) is 1. The summed E-state index contributed by atoms with van der Waals surface area (Å²) in [6, 6.07) is 9.58. The van der Waals surface area contributed by atoms with Gasteiger partial charge in [-0.3, -0.25) is 9.88 Å². The molecule has 0 atom stereocenters. The van der Waals surface area contributed by atoms with E-state index in [9.17, 15) is 9.90 Å². The second-order valence-electron chi connectivity index (χ2n) is 10.2. The lowest BCUT2D eigenvalue weighted by atomic mass is 9.93. The van der Waals surface area contributed by atoms with Crippen LogP contribution in [0.2, 0.25) is 5.02 Å². The second kappa shape index (κ2) is 13.1. The number of carbonyl (C=O) groups is 1. The van der Waals surface area contributed by atoms with Crippen molar-refractivity contribution < 1.29 is 14.6 Å². The summed E-state index contributed by atoms with van der Waals surface area (Å²) < 4.78 is 10.1. The Morgan fingerprint density at radius 2 is 1.95 bits per heavy atom. The predicted octanol–water partition coefficient (Wildman–Crippen LogP) is 5.04. The Morgan fingerprint density at radius 1 is 1.12 bits per heavy atom. The zero-order chi connectivity index (χ0) is 28.8. The Balaban J connectivity index is 1.24. The van der Waals surface area contributed by atoms with Crippen LogP contribution in [0.3, 0.4) is 0 Å².